The van der Waals surface area contributed by atoms with Gasteiger partial charge in [0.25, 0.3) is 5.57 Å². The minimum absolute atomic E-state index is 0.229. The largest absolute Gasteiger partial charge is 0.647 e. The van der Waals surface area contributed by atoms with E-state index in [1.807, 2.05) is 0 Å². The van der Waals surface area contributed by atoms with E-state index in [9.17, 15) is 43.9 Å². The molecule has 0 radical (unpaired) electrons. The maximum absolute atomic E-state index is 16.1. The Balaban J connectivity index is 1.95. The van der Waals surface area contributed by atoms with Gasteiger partial charge in [-0.1, -0.05) is 0 Å². The summed E-state index contributed by atoms with van der Waals surface area (Å²) in [6, 6.07) is 2.51. The number of fused-ring (bicyclic) bond motifs is 1. The molecule has 2 nitrogen and oxygen atoms in total. The highest BCUT2D eigenvalue weighted by atomic mass is 19.2. The van der Waals surface area contributed by atoms with Crippen LogP contribution in [0.15, 0.2) is 42.2 Å². The average Bonchev–Trinajstić information content (AvgIpc) is 3.02. The van der Waals surface area contributed by atoms with Gasteiger partial charge in [-0.05, 0) is 24.3 Å². The smallest absolute Gasteiger partial charge is 0.523 e. The van der Waals surface area contributed by atoms with Crippen LogP contribution in [0.1, 0.15) is 11.1 Å². The van der Waals surface area contributed by atoms with Crippen molar-refractivity contribution in [3.8, 4) is 11.5 Å². The van der Waals surface area contributed by atoms with E-state index in [1.54, 1.807) is 0 Å². The van der Waals surface area contributed by atoms with Gasteiger partial charge in [-0.25, -0.2) is 48.3 Å². The Morgan fingerprint density at radius 3 is 1.91 bits per heavy atom. The van der Waals surface area contributed by atoms with E-state index in [2.05, 4.69) is 0 Å². The van der Waals surface area contributed by atoms with Gasteiger partial charge in [0.2, 0.25) is 0 Å². The lowest BCUT2D eigenvalue weighted by Crippen LogP contribution is -2.49. The molecule has 1 unspecified atom stereocenters. The number of halogens is 11. The second-order valence-corrected chi connectivity index (χ2v) is 7.06. The Bertz CT molecular complexity index is 1390. The van der Waals surface area contributed by atoms with E-state index >= 15 is 4.39 Å². The van der Waals surface area contributed by atoms with Crippen molar-refractivity contribution in [1.82, 2.24) is 0 Å². The Hall–Kier alpha value is -3.71. The van der Waals surface area contributed by atoms with Gasteiger partial charge in [0, 0.05) is 17.7 Å². The number of hydrogen-bond acceptors (Lipinski definition) is 2. The van der Waals surface area contributed by atoms with Crippen LogP contribution in [0.4, 0.5) is 48.3 Å². The van der Waals surface area contributed by atoms with Crippen molar-refractivity contribution in [2.24, 2.45) is 0 Å². The molecule has 0 aromatic heterocycles. The third kappa shape index (κ3) is 3.76. The van der Waals surface area contributed by atoms with Crippen LogP contribution in [0, 0.1) is 46.5 Å². The first-order valence-corrected chi connectivity index (χ1v) is 9.22. The van der Waals surface area contributed by atoms with Crippen LogP contribution in [0.25, 0.3) is 5.83 Å². The molecule has 0 aliphatic heterocycles. The molecule has 14 heteroatoms. The molecule has 3 aromatic rings. The maximum Gasteiger partial charge on any atom is 0.647 e. The monoisotopic (exact) mass is 510 g/mol. The Labute approximate surface area is 188 Å². The zero-order chi connectivity index (χ0) is 25.8. The van der Waals surface area contributed by atoms with Crippen LogP contribution < -0.4 is 9.31 Å². The Morgan fingerprint density at radius 1 is 0.629 bits per heavy atom. The van der Waals surface area contributed by atoms with Crippen LogP contribution in [-0.2, 0) is 5.57 Å². The molecule has 1 aliphatic carbocycles. The molecule has 4 rings (SSSR count). The molecular formula is C21H6BF11O2. The minimum Gasteiger partial charge on any atom is -0.523 e. The number of rotatable bonds is 5. The lowest BCUT2D eigenvalue weighted by Gasteiger charge is -2.27. The van der Waals surface area contributed by atoms with E-state index in [-0.39, 0.29) is 12.1 Å². The standard InChI is InChI=1S/C21H6BF11O2/c23-7-1-3-10(25)12(5-7)35-22(34-8-2-4-9(24)11(26)6-8)21(33)14-13(16(28)20(21)32)15(27)18(30)19(31)17(14)29/h1-6H. The molecule has 0 saturated carbocycles. The van der Waals surface area contributed by atoms with E-state index in [0.717, 1.165) is 0 Å². The normalized spacial score (nSPS) is 17.0. The summed E-state index contributed by atoms with van der Waals surface area (Å²) in [5.74, 6) is -23.5. The molecule has 1 atom stereocenters. The molecule has 0 bridgehead atoms. The summed E-state index contributed by atoms with van der Waals surface area (Å²) >= 11 is 0. The number of benzene rings is 3. The quantitative estimate of drug-likeness (QED) is 0.163. The van der Waals surface area contributed by atoms with Gasteiger partial charge >= 0.3 is 7.12 Å². The summed E-state index contributed by atoms with van der Waals surface area (Å²) in [7, 11) is -3.20. The molecule has 3 aromatic carbocycles. The average molecular weight is 510 g/mol. The SMILES string of the molecule is FC1=C(F)C(F)(B(Oc2ccc(F)c(F)c2)Oc2cc(F)ccc2F)c2c(F)c(F)c(F)c(F)c21. The molecule has 0 amide bonds. The molecule has 0 saturated heterocycles. The fourth-order valence-electron chi connectivity index (χ4n) is 3.32. The third-order valence-corrected chi connectivity index (χ3v) is 4.95. The first kappa shape index (κ1) is 24.4. The van der Waals surface area contributed by atoms with Crippen molar-refractivity contribution in [3.63, 3.8) is 0 Å². The topological polar surface area (TPSA) is 18.5 Å². The zero-order valence-electron chi connectivity index (χ0n) is 16.5. The van der Waals surface area contributed by atoms with Gasteiger partial charge in [-0.15, -0.1) is 0 Å². The highest BCUT2D eigenvalue weighted by molar-refractivity contribution is 6.51. The molecule has 182 valence electrons. The van der Waals surface area contributed by atoms with E-state index in [1.165, 1.54) is 0 Å². The van der Waals surface area contributed by atoms with Crippen molar-refractivity contribution < 1.29 is 57.6 Å². The highest BCUT2D eigenvalue weighted by Gasteiger charge is 2.65. The number of hydrogen-bond donors (Lipinski definition) is 0. The summed E-state index contributed by atoms with van der Waals surface area (Å²) in [4.78, 5) is 0. The lowest BCUT2D eigenvalue weighted by atomic mass is 9.64. The summed E-state index contributed by atoms with van der Waals surface area (Å²) in [6.07, 6.45) is 0. The zero-order valence-corrected chi connectivity index (χ0v) is 16.5. The van der Waals surface area contributed by atoms with Crippen molar-refractivity contribution >= 4 is 12.9 Å². The molecule has 1 aliphatic rings. The fraction of sp³-hybridized carbons (Fsp3) is 0.0476. The van der Waals surface area contributed by atoms with Crippen molar-refractivity contribution in [2.75, 3.05) is 0 Å². The summed E-state index contributed by atoms with van der Waals surface area (Å²) < 4.78 is 166. The highest BCUT2D eigenvalue weighted by Crippen LogP contribution is 2.53. The van der Waals surface area contributed by atoms with Crippen molar-refractivity contribution in [3.05, 3.63) is 99.9 Å². The van der Waals surface area contributed by atoms with E-state index < -0.39 is 93.5 Å². The van der Waals surface area contributed by atoms with Crippen LogP contribution in [0.2, 0.25) is 0 Å². The fourth-order valence-corrected chi connectivity index (χ4v) is 3.32. The van der Waals surface area contributed by atoms with Crippen LogP contribution in [0.5, 0.6) is 11.5 Å². The molecule has 0 N–H and O–H groups in total. The van der Waals surface area contributed by atoms with Crippen LogP contribution in [-0.4, -0.2) is 7.12 Å². The van der Waals surface area contributed by atoms with Gasteiger partial charge in [-0.2, -0.15) is 0 Å². The summed E-state index contributed by atoms with van der Waals surface area (Å²) in [5, 5.41) is 0. The van der Waals surface area contributed by atoms with Gasteiger partial charge in [0.05, 0.1) is 5.56 Å². The molecule has 35 heavy (non-hydrogen) atoms. The van der Waals surface area contributed by atoms with Gasteiger partial charge < -0.3 is 9.31 Å². The van der Waals surface area contributed by atoms with Crippen molar-refractivity contribution in [2.45, 2.75) is 5.57 Å². The second kappa shape index (κ2) is 8.50. The molecule has 0 spiro atoms. The van der Waals surface area contributed by atoms with Gasteiger partial charge in [0.1, 0.15) is 17.3 Å². The first-order valence-electron chi connectivity index (χ1n) is 9.22. The van der Waals surface area contributed by atoms with Gasteiger partial charge in [-0.3, -0.25) is 0 Å². The molecule has 0 heterocycles. The van der Waals surface area contributed by atoms with Crippen LogP contribution >= 0.6 is 0 Å². The Morgan fingerprint density at radius 2 is 1.26 bits per heavy atom. The lowest BCUT2D eigenvalue weighted by molar-refractivity contribution is 0.207. The second-order valence-electron chi connectivity index (χ2n) is 7.06. The minimum atomic E-state index is -4.51. The predicted octanol–water partition coefficient (Wildman–Crippen LogP) is 6.77. The molecular weight excluding hydrogens is 504 g/mol. The van der Waals surface area contributed by atoms with Gasteiger partial charge in [0.15, 0.2) is 52.4 Å². The van der Waals surface area contributed by atoms with E-state index in [0.29, 0.717) is 24.3 Å². The first-order chi connectivity index (χ1) is 16.4. The third-order valence-electron chi connectivity index (χ3n) is 4.95. The van der Waals surface area contributed by atoms with E-state index in [4.69, 9.17) is 9.31 Å². The number of alkyl halides is 1. The number of allylic oxidation sites excluding steroid dienone is 1. The molecule has 0 fully saturated rings. The predicted molar refractivity (Wildman–Crippen MR) is 97.9 cm³/mol. The maximum atomic E-state index is 16.1. The summed E-state index contributed by atoms with van der Waals surface area (Å²) in [6.45, 7) is 0. The Kier molecular flexibility index (Phi) is 5.93. The van der Waals surface area contributed by atoms with Crippen molar-refractivity contribution in [1.29, 1.82) is 0 Å². The summed E-state index contributed by atoms with van der Waals surface area (Å²) in [5.41, 5.74) is -8.64. The van der Waals surface area contributed by atoms with Crippen LogP contribution in [0.3, 0.4) is 0 Å².